The molecule has 0 atom stereocenters. The largest absolute Gasteiger partial charge is 0.347 e. The van der Waals surface area contributed by atoms with Crippen molar-refractivity contribution < 1.29 is 4.79 Å². The van der Waals surface area contributed by atoms with E-state index in [1.807, 2.05) is 44.2 Å². The van der Waals surface area contributed by atoms with E-state index in [0.29, 0.717) is 18.2 Å². The van der Waals surface area contributed by atoms with Crippen LogP contribution in [0.25, 0.3) is 0 Å². The molecule has 2 N–H and O–H groups in total. The van der Waals surface area contributed by atoms with Crippen LogP contribution in [0.4, 0.5) is 11.6 Å². The van der Waals surface area contributed by atoms with E-state index in [1.54, 1.807) is 24.7 Å². The van der Waals surface area contributed by atoms with E-state index in [4.69, 9.17) is 0 Å². The van der Waals surface area contributed by atoms with Crippen LogP contribution in [0.15, 0.2) is 55.0 Å². The van der Waals surface area contributed by atoms with Gasteiger partial charge in [-0.15, -0.1) is 0 Å². The molecule has 0 unspecified atom stereocenters. The Balaban J connectivity index is 1.70. The van der Waals surface area contributed by atoms with Crippen LogP contribution < -0.4 is 10.6 Å². The summed E-state index contributed by atoms with van der Waals surface area (Å²) < 4.78 is 0. The lowest BCUT2D eigenvalue weighted by Crippen LogP contribution is -2.24. The number of aromatic nitrogens is 3. The van der Waals surface area contributed by atoms with Crippen LogP contribution in [0.1, 0.15) is 27.2 Å². The molecular weight excluding hydrogens is 314 g/mol. The molecule has 2 heterocycles. The SMILES string of the molecule is Cc1cccc(Nc2nccc(C(=O)NCc3cccnc3)n2)c1C. The molecule has 126 valence electrons. The Morgan fingerprint density at radius 2 is 1.96 bits per heavy atom. The summed E-state index contributed by atoms with van der Waals surface area (Å²) in [5, 5.41) is 6.00. The maximum absolute atomic E-state index is 12.3. The van der Waals surface area contributed by atoms with Crippen molar-refractivity contribution in [2.45, 2.75) is 20.4 Å². The highest BCUT2D eigenvalue weighted by Crippen LogP contribution is 2.20. The Morgan fingerprint density at radius 1 is 1.08 bits per heavy atom. The van der Waals surface area contributed by atoms with Crippen LogP contribution in [0.5, 0.6) is 0 Å². The number of amides is 1. The van der Waals surface area contributed by atoms with Gasteiger partial charge in [0.25, 0.3) is 5.91 Å². The van der Waals surface area contributed by atoms with Crippen molar-refractivity contribution in [1.82, 2.24) is 20.3 Å². The molecule has 0 aliphatic heterocycles. The summed E-state index contributed by atoms with van der Waals surface area (Å²) in [4.78, 5) is 24.8. The number of rotatable bonds is 5. The highest BCUT2D eigenvalue weighted by molar-refractivity contribution is 5.92. The van der Waals surface area contributed by atoms with Crippen LogP contribution in [0, 0.1) is 13.8 Å². The fraction of sp³-hybridized carbons (Fsp3) is 0.158. The van der Waals surface area contributed by atoms with Crippen molar-refractivity contribution in [2.24, 2.45) is 0 Å². The Kier molecular flexibility index (Phi) is 4.99. The number of benzene rings is 1. The first-order valence-electron chi connectivity index (χ1n) is 7.97. The zero-order chi connectivity index (χ0) is 17.6. The Bertz CT molecular complexity index is 880. The minimum atomic E-state index is -0.254. The third kappa shape index (κ3) is 4.17. The van der Waals surface area contributed by atoms with E-state index in [0.717, 1.165) is 16.8 Å². The first-order valence-corrected chi connectivity index (χ1v) is 7.97. The number of aryl methyl sites for hydroxylation is 1. The van der Waals surface area contributed by atoms with Gasteiger partial charge in [-0.05, 0) is 48.7 Å². The minimum absolute atomic E-state index is 0.254. The molecule has 3 rings (SSSR count). The van der Waals surface area contributed by atoms with Gasteiger partial charge in [-0.1, -0.05) is 18.2 Å². The molecule has 0 spiro atoms. The van der Waals surface area contributed by atoms with E-state index in [-0.39, 0.29) is 5.91 Å². The van der Waals surface area contributed by atoms with E-state index in [9.17, 15) is 4.79 Å². The second-order valence-corrected chi connectivity index (χ2v) is 5.68. The molecule has 0 fully saturated rings. The average molecular weight is 333 g/mol. The number of nitrogens with zero attached hydrogens (tertiary/aromatic N) is 3. The first kappa shape index (κ1) is 16.6. The van der Waals surface area contributed by atoms with Crippen molar-refractivity contribution in [3.8, 4) is 0 Å². The molecule has 6 heteroatoms. The predicted octanol–water partition coefficient (Wildman–Crippen LogP) is 3.16. The maximum Gasteiger partial charge on any atom is 0.270 e. The molecule has 0 saturated carbocycles. The molecule has 2 aromatic heterocycles. The topological polar surface area (TPSA) is 79.8 Å². The molecule has 6 nitrogen and oxygen atoms in total. The van der Waals surface area contributed by atoms with Crippen LogP contribution in [-0.4, -0.2) is 20.9 Å². The number of carbonyl (C=O) groups excluding carboxylic acids is 1. The van der Waals surface area contributed by atoms with Gasteiger partial charge < -0.3 is 10.6 Å². The smallest absolute Gasteiger partial charge is 0.270 e. The van der Waals surface area contributed by atoms with Crippen LogP contribution in [0.2, 0.25) is 0 Å². The zero-order valence-corrected chi connectivity index (χ0v) is 14.2. The lowest BCUT2D eigenvalue weighted by atomic mass is 10.1. The molecule has 0 bridgehead atoms. The van der Waals surface area contributed by atoms with Gasteiger partial charge >= 0.3 is 0 Å². The van der Waals surface area contributed by atoms with E-state index in [2.05, 4.69) is 25.6 Å². The number of hydrogen-bond acceptors (Lipinski definition) is 5. The van der Waals surface area contributed by atoms with Gasteiger partial charge in [-0.3, -0.25) is 9.78 Å². The van der Waals surface area contributed by atoms with Gasteiger partial charge in [0.1, 0.15) is 5.69 Å². The summed E-state index contributed by atoms with van der Waals surface area (Å²) in [5.41, 5.74) is 4.46. The fourth-order valence-corrected chi connectivity index (χ4v) is 2.33. The Hall–Kier alpha value is -3.28. The highest BCUT2D eigenvalue weighted by Gasteiger charge is 2.10. The second-order valence-electron chi connectivity index (χ2n) is 5.68. The fourth-order valence-electron chi connectivity index (χ4n) is 2.33. The quantitative estimate of drug-likeness (QED) is 0.750. The normalized spacial score (nSPS) is 10.3. The lowest BCUT2D eigenvalue weighted by Gasteiger charge is -2.11. The van der Waals surface area contributed by atoms with Crippen molar-refractivity contribution >= 4 is 17.5 Å². The van der Waals surface area contributed by atoms with Gasteiger partial charge in [0.2, 0.25) is 5.95 Å². The molecule has 3 aromatic rings. The van der Waals surface area contributed by atoms with Gasteiger partial charge in [0, 0.05) is 30.8 Å². The summed E-state index contributed by atoms with van der Waals surface area (Å²) in [6.07, 6.45) is 4.98. The molecule has 0 saturated heterocycles. The first-order chi connectivity index (χ1) is 12.1. The van der Waals surface area contributed by atoms with Crippen molar-refractivity contribution in [3.05, 3.63) is 77.4 Å². The molecule has 0 aliphatic carbocycles. The lowest BCUT2D eigenvalue weighted by molar-refractivity contribution is 0.0946. The molecule has 0 aliphatic rings. The van der Waals surface area contributed by atoms with Gasteiger partial charge in [0.05, 0.1) is 0 Å². The standard InChI is InChI=1S/C19H19N5O/c1-13-5-3-7-16(14(13)2)23-19-21-10-8-17(24-19)18(25)22-12-15-6-4-9-20-11-15/h3-11H,12H2,1-2H3,(H,22,25)(H,21,23,24). The van der Waals surface area contributed by atoms with E-state index in [1.165, 1.54) is 5.56 Å². The molecule has 1 amide bonds. The number of hydrogen-bond donors (Lipinski definition) is 2. The zero-order valence-electron chi connectivity index (χ0n) is 14.2. The molecular formula is C19H19N5O. The number of nitrogens with one attached hydrogen (secondary N) is 2. The predicted molar refractivity (Wildman–Crippen MR) is 96.6 cm³/mol. The number of carbonyl (C=O) groups is 1. The molecule has 0 radical (unpaired) electrons. The van der Waals surface area contributed by atoms with Crippen molar-refractivity contribution in [2.75, 3.05) is 5.32 Å². The summed E-state index contributed by atoms with van der Waals surface area (Å²) in [7, 11) is 0. The van der Waals surface area contributed by atoms with Gasteiger partial charge in [0.15, 0.2) is 0 Å². The van der Waals surface area contributed by atoms with Crippen LogP contribution in [0.3, 0.4) is 0 Å². The Labute approximate surface area is 146 Å². The van der Waals surface area contributed by atoms with Gasteiger partial charge in [-0.2, -0.15) is 0 Å². The third-order valence-corrected chi connectivity index (χ3v) is 3.92. The average Bonchev–Trinajstić information content (AvgIpc) is 2.64. The summed E-state index contributed by atoms with van der Waals surface area (Å²) >= 11 is 0. The van der Waals surface area contributed by atoms with E-state index >= 15 is 0 Å². The summed E-state index contributed by atoms with van der Waals surface area (Å²) in [6, 6.07) is 11.3. The van der Waals surface area contributed by atoms with Crippen LogP contribution in [-0.2, 0) is 6.54 Å². The van der Waals surface area contributed by atoms with E-state index < -0.39 is 0 Å². The van der Waals surface area contributed by atoms with Crippen molar-refractivity contribution in [1.29, 1.82) is 0 Å². The number of anilines is 2. The maximum atomic E-state index is 12.3. The monoisotopic (exact) mass is 333 g/mol. The molecule has 25 heavy (non-hydrogen) atoms. The Morgan fingerprint density at radius 3 is 2.76 bits per heavy atom. The van der Waals surface area contributed by atoms with Crippen molar-refractivity contribution in [3.63, 3.8) is 0 Å². The number of pyridine rings is 1. The highest BCUT2D eigenvalue weighted by atomic mass is 16.1. The second kappa shape index (κ2) is 7.53. The molecule has 1 aromatic carbocycles. The summed E-state index contributed by atoms with van der Waals surface area (Å²) in [5.74, 6) is 0.137. The van der Waals surface area contributed by atoms with Crippen LogP contribution >= 0.6 is 0 Å². The third-order valence-electron chi connectivity index (χ3n) is 3.92. The minimum Gasteiger partial charge on any atom is -0.347 e. The van der Waals surface area contributed by atoms with Gasteiger partial charge in [-0.25, -0.2) is 9.97 Å². The summed E-state index contributed by atoms with van der Waals surface area (Å²) in [6.45, 7) is 4.47.